The van der Waals surface area contributed by atoms with Crippen molar-refractivity contribution in [1.29, 1.82) is 0 Å². The number of anilines is 1. The van der Waals surface area contributed by atoms with Crippen LogP contribution in [0, 0.1) is 13.8 Å². The summed E-state index contributed by atoms with van der Waals surface area (Å²) in [7, 11) is 4.48. The number of aliphatic hydroxyl groups excluding tert-OH is 1. The molecule has 4 rings (SSSR count). The molecular weight excluding hydrogens is 446 g/mol. The molecule has 3 aromatic rings. The molecule has 7 heteroatoms. The fraction of sp³-hybridized carbons (Fsp3) is 0.214. The summed E-state index contributed by atoms with van der Waals surface area (Å²) in [4.78, 5) is 28.4. The van der Waals surface area contributed by atoms with Crippen LogP contribution in [-0.4, -0.2) is 38.1 Å². The summed E-state index contributed by atoms with van der Waals surface area (Å²) in [5.41, 5.74) is 3.15. The topological polar surface area (TPSA) is 85.3 Å². The smallest absolute Gasteiger partial charge is 0.300 e. The highest BCUT2D eigenvalue weighted by Crippen LogP contribution is 2.46. The quantitative estimate of drug-likeness (QED) is 0.310. The van der Waals surface area contributed by atoms with E-state index in [1.807, 2.05) is 32.0 Å². The first kappa shape index (κ1) is 23.9. The van der Waals surface area contributed by atoms with Crippen molar-refractivity contribution in [2.75, 3.05) is 26.2 Å². The Balaban J connectivity index is 2.03. The number of Topliss-reactive ketones (excluding diaryl/α,β-unsaturated/α-hetero) is 1. The lowest BCUT2D eigenvalue weighted by Crippen LogP contribution is -2.30. The number of nitrogens with zero attached hydrogens (tertiary/aromatic N) is 1. The van der Waals surface area contributed by atoms with Crippen molar-refractivity contribution in [3.05, 3.63) is 88.5 Å². The van der Waals surface area contributed by atoms with Gasteiger partial charge in [0, 0.05) is 5.69 Å². The maximum Gasteiger partial charge on any atom is 0.300 e. The molecule has 1 amide bonds. The number of ether oxygens (including phenoxy) is 3. The molecule has 0 aromatic heterocycles. The van der Waals surface area contributed by atoms with Gasteiger partial charge in [-0.2, -0.15) is 0 Å². The van der Waals surface area contributed by atoms with Gasteiger partial charge in [0.25, 0.3) is 11.7 Å². The highest BCUT2D eigenvalue weighted by Gasteiger charge is 2.48. The second-order valence-corrected chi connectivity index (χ2v) is 8.27. The molecule has 0 aliphatic carbocycles. The van der Waals surface area contributed by atoms with Crippen molar-refractivity contribution >= 4 is 23.1 Å². The molecule has 180 valence electrons. The maximum absolute atomic E-state index is 13.5. The average molecular weight is 474 g/mol. The van der Waals surface area contributed by atoms with E-state index in [2.05, 4.69) is 0 Å². The molecule has 1 aliphatic rings. The number of hydrogen-bond donors (Lipinski definition) is 1. The van der Waals surface area contributed by atoms with Crippen LogP contribution in [0.15, 0.2) is 66.2 Å². The van der Waals surface area contributed by atoms with Gasteiger partial charge in [0.2, 0.25) is 0 Å². The first-order valence-corrected chi connectivity index (χ1v) is 11.1. The number of rotatable bonds is 6. The maximum atomic E-state index is 13.5. The third-order valence-electron chi connectivity index (χ3n) is 6.16. The van der Waals surface area contributed by atoms with Gasteiger partial charge in [-0.1, -0.05) is 30.3 Å². The largest absolute Gasteiger partial charge is 0.506 e. The Labute approximate surface area is 204 Å². The molecule has 35 heavy (non-hydrogen) atoms. The molecule has 0 spiro atoms. The summed E-state index contributed by atoms with van der Waals surface area (Å²) < 4.78 is 16.2. The van der Waals surface area contributed by atoms with Gasteiger partial charge in [0.15, 0.2) is 0 Å². The molecule has 1 saturated heterocycles. The van der Waals surface area contributed by atoms with E-state index in [0.717, 1.165) is 11.1 Å². The minimum atomic E-state index is -0.879. The standard InChI is InChI=1S/C28H27NO6/c1-16-9-10-17(2)20(15-16)29-25(18-11-13-19(33-3)14-12-18)24(27(31)28(29)32)26(30)23-21(34-4)7-6-8-22(23)35-5/h6-15,25,30H,1-5H3/b26-24+. The van der Waals surface area contributed by atoms with Crippen LogP contribution in [0.2, 0.25) is 0 Å². The van der Waals surface area contributed by atoms with E-state index >= 15 is 0 Å². The summed E-state index contributed by atoms with van der Waals surface area (Å²) in [6.45, 7) is 3.80. The third-order valence-corrected chi connectivity index (χ3v) is 6.16. The monoisotopic (exact) mass is 473 g/mol. The fourth-order valence-electron chi connectivity index (χ4n) is 4.38. The van der Waals surface area contributed by atoms with Crippen LogP contribution in [0.5, 0.6) is 17.2 Å². The van der Waals surface area contributed by atoms with Crippen molar-refractivity contribution in [2.24, 2.45) is 0 Å². The van der Waals surface area contributed by atoms with Crippen molar-refractivity contribution in [1.82, 2.24) is 0 Å². The zero-order chi connectivity index (χ0) is 25.3. The van der Waals surface area contributed by atoms with Gasteiger partial charge < -0.3 is 19.3 Å². The highest BCUT2D eigenvalue weighted by atomic mass is 16.5. The van der Waals surface area contributed by atoms with Gasteiger partial charge in [0.1, 0.15) is 28.6 Å². The summed E-state index contributed by atoms with van der Waals surface area (Å²) >= 11 is 0. The number of aryl methyl sites for hydroxylation is 2. The number of amides is 1. The van der Waals surface area contributed by atoms with Crippen molar-refractivity contribution in [2.45, 2.75) is 19.9 Å². The lowest BCUT2D eigenvalue weighted by molar-refractivity contribution is -0.132. The highest BCUT2D eigenvalue weighted by molar-refractivity contribution is 6.51. The number of hydrogen-bond acceptors (Lipinski definition) is 6. The Bertz CT molecular complexity index is 1300. The number of carbonyl (C=O) groups excluding carboxylic acids is 2. The molecule has 1 fully saturated rings. The number of ketones is 1. The van der Waals surface area contributed by atoms with Crippen LogP contribution in [0.3, 0.4) is 0 Å². The third kappa shape index (κ3) is 4.10. The predicted molar refractivity (Wildman–Crippen MR) is 133 cm³/mol. The molecule has 0 saturated carbocycles. The van der Waals surface area contributed by atoms with Crippen LogP contribution in [0.4, 0.5) is 5.69 Å². The van der Waals surface area contributed by atoms with E-state index in [1.54, 1.807) is 49.6 Å². The van der Waals surface area contributed by atoms with Gasteiger partial charge in [0.05, 0.1) is 32.9 Å². The van der Waals surface area contributed by atoms with Crippen molar-refractivity contribution < 1.29 is 28.9 Å². The van der Waals surface area contributed by atoms with E-state index in [-0.39, 0.29) is 16.9 Å². The second kappa shape index (κ2) is 9.54. The zero-order valence-electron chi connectivity index (χ0n) is 20.3. The predicted octanol–water partition coefficient (Wildman–Crippen LogP) is 4.96. The SMILES string of the molecule is COc1ccc(C2/C(=C(\O)c3c(OC)cccc3OC)C(=O)C(=O)N2c2cc(C)ccc2C)cc1. The van der Waals surface area contributed by atoms with Crippen LogP contribution < -0.4 is 19.1 Å². The molecule has 3 aromatic carbocycles. The minimum Gasteiger partial charge on any atom is -0.506 e. The number of benzene rings is 3. The van der Waals surface area contributed by atoms with Crippen LogP contribution in [0.25, 0.3) is 5.76 Å². The van der Waals surface area contributed by atoms with Crippen LogP contribution in [0.1, 0.15) is 28.3 Å². The van der Waals surface area contributed by atoms with Gasteiger partial charge in [-0.05, 0) is 60.9 Å². The number of methoxy groups -OCH3 is 3. The van der Waals surface area contributed by atoms with Crippen LogP contribution in [-0.2, 0) is 9.59 Å². The van der Waals surface area contributed by atoms with E-state index in [1.165, 1.54) is 19.1 Å². The van der Waals surface area contributed by atoms with Crippen molar-refractivity contribution in [3.8, 4) is 17.2 Å². The Morgan fingerprint density at radius 1 is 0.857 bits per heavy atom. The number of aliphatic hydroxyl groups is 1. The lowest BCUT2D eigenvalue weighted by Gasteiger charge is -2.27. The molecule has 0 bridgehead atoms. The molecule has 1 heterocycles. The lowest BCUT2D eigenvalue weighted by atomic mass is 9.94. The molecule has 1 aliphatic heterocycles. The Hall–Kier alpha value is -4.26. The fourth-order valence-corrected chi connectivity index (χ4v) is 4.38. The summed E-state index contributed by atoms with van der Waals surface area (Å²) in [5, 5.41) is 11.5. The molecule has 1 atom stereocenters. The summed E-state index contributed by atoms with van der Waals surface area (Å²) in [6, 6.07) is 16.9. The normalized spacial score (nSPS) is 16.9. The van der Waals surface area contributed by atoms with E-state index in [9.17, 15) is 14.7 Å². The van der Waals surface area contributed by atoms with Crippen molar-refractivity contribution in [3.63, 3.8) is 0 Å². The molecule has 0 radical (unpaired) electrons. The molecule has 1 N–H and O–H groups in total. The van der Waals surface area contributed by atoms with Gasteiger partial charge in [-0.15, -0.1) is 0 Å². The average Bonchev–Trinajstić information content (AvgIpc) is 3.14. The molecular formula is C28H27NO6. The molecule has 1 unspecified atom stereocenters. The Morgan fingerprint density at radius 2 is 1.49 bits per heavy atom. The van der Waals surface area contributed by atoms with E-state index in [4.69, 9.17) is 14.2 Å². The molecule has 7 nitrogen and oxygen atoms in total. The van der Waals surface area contributed by atoms with Gasteiger partial charge in [-0.3, -0.25) is 14.5 Å². The zero-order valence-corrected chi connectivity index (χ0v) is 20.3. The van der Waals surface area contributed by atoms with Crippen LogP contribution >= 0.6 is 0 Å². The van der Waals surface area contributed by atoms with E-state index < -0.39 is 17.7 Å². The van der Waals surface area contributed by atoms with E-state index in [0.29, 0.717) is 28.5 Å². The first-order chi connectivity index (χ1) is 16.8. The first-order valence-electron chi connectivity index (χ1n) is 11.1. The summed E-state index contributed by atoms with van der Waals surface area (Å²) in [5.74, 6) is -0.635. The van der Waals surface area contributed by atoms with Gasteiger partial charge >= 0.3 is 0 Å². The Morgan fingerprint density at radius 3 is 2.06 bits per heavy atom. The minimum absolute atomic E-state index is 0.0520. The Kier molecular flexibility index (Phi) is 6.51. The second-order valence-electron chi connectivity index (χ2n) is 8.27. The summed E-state index contributed by atoms with van der Waals surface area (Å²) in [6.07, 6.45) is 0. The number of carbonyl (C=O) groups is 2. The van der Waals surface area contributed by atoms with Gasteiger partial charge in [-0.25, -0.2) is 0 Å².